The standard InChI is InChI=1S/C53H97NO12S/c1-3-5-7-9-11-13-15-17-19-21-22-23-24-26-27-29-31-33-35-37-39-41-46(56)45(44-64-53-50(59)51(66-67(61,62)63)49(58)48(43-55)65-53)54-52(60)47(57)42-40-38-36-34-32-30-28-25-20-18-16-14-12-10-8-6-4-2/h24,26,28,30-31,33,39,41,45-51,53,55-59H,3-23,25,27,29,32,34-38,40,42-44H2,1-2H3,(H,54,60)(H,61,62,63)/b26-24+,30-28-,33-31+,41-39+. The van der Waals surface area contributed by atoms with Crippen LogP contribution in [-0.2, 0) is 28.9 Å². The number of nitrogens with one attached hydrogen (secondary N) is 1. The second-order valence-corrected chi connectivity index (χ2v) is 19.6. The smallest absolute Gasteiger partial charge is 0.394 e. The molecule has 7 N–H and O–H groups in total. The molecule has 0 aromatic carbocycles. The highest BCUT2D eigenvalue weighted by Crippen LogP contribution is 2.26. The highest BCUT2D eigenvalue weighted by molar-refractivity contribution is 7.80. The summed E-state index contributed by atoms with van der Waals surface area (Å²) in [4.78, 5) is 13.2. The summed E-state index contributed by atoms with van der Waals surface area (Å²) in [5.41, 5.74) is 0. The van der Waals surface area contributed by atoms with Gasteiger partial charge < -0.3 is 40.3 Å². The molecule has 8 unspecified atom stereocenters. The monoisotopic (exact) mass is 972 g/mol. The number of ether oxygens (including phenoxy) is 2. The molecule has 1 aliphatic rings. The number of allylic oxidation sites excluding steroid dienone is 7. The summed E-state index contributed by atoms with van der Waals surface area (Å²) in [6, 6.07) is -1.15. The number of rotatable bonds is 45. The van der Waals surface area contributed by atoms with Gasteiger partial charge in [0.15, 0.2) is 6.29 Å². The molecule has 0 saturated carbocycles. The molecule has 0 radical (unpaired) electrons. The molecule has 13 nitrogen and oxygen atoms in total. The summed E-state index contributed by atoms with van der Waals surface area (Å²) in [6.07, 6.45) is 41.9. The van der Waals surface area contributed by atoms with Crippen molar-refractivity contribution in [1.82, 2.24) is 5.32 Å². The van der Waals surface area contributed by atoms with Gasteiger partial charge >= 0.3 is 10.4 Å². The summed E-state index contributed by atoms with van der Waals surface area (Å²) in [7, 11) is -5.13. The molecule has 392 valence electrons. The number of unbranched alkanes of at least 4 members (excludes halogenated alkanes) is 26. The highest BCUT2D eigenvalue weighted by Gasteiger charge is 2.48. The molecule has 0 spiro atoms. The molecule has 1 fully saturated rings. The zero-order chi connectivity index (χ0) is 49.2. The Morgan fingerprint density at radius 3 is 1.43 bits per heavy atom. The molecule has 0 aromatic rings. The number of aliphatic hydroxyl groups is 5. The third-order valence-electron chi connectivity index (χ3n) is 12.4. The number of carbonyl (C=O) groups is 1. The normalized spacial score (nSPS) is 20.7. The Morgan fingerprint density at radius 2 is 1.00 bits per heavy atom. The van der Waals surface area contributed by atoms with Gasteiger partial charge in [-0.2, -0.15) is 8.42 Å². The summed E-state index contributed by atoms with van der Waals surface area (Å²) in [5, 5.41) is 55.4. The van der Waals surface area contributed by atoms with Crippen LogP contribution in [0.4, 0.5) is 0 Å². The minimum absolute atomic E-state index is 0.219. The lowest BCUT2D eigenvalue weighted by atomic mass is 9.99. The van der Waals surface area contributed by atoms with E-state index in [4.69, 9.17) is 9.47 Å². The molecule has 67 heavy (non-hydrogen) atoms. The molecular weight excluding hydrogens is 875 g/mol. The first-order valence-electron chi connectivity index (χ1n) is 26.6. The molecule has 1 saturated heterocycles. The fraction of sp³-hybridized carbons (Fsp3) is 0.830. The van der Waals surface area contributed by atoms with Crippen molar-refractivity contribution in [2.75, 3.05) is 13.2 Å². The van der Waals surface area contributed by atoms with Crippen molar-refractivity contribution in [2.45, 2.75) is 268 Å². The molecular formula is C53H97NO12S. The van der Waals surface area contributed by atoms with Gasteiger partial charge in [-0.05, 0) is 70.6 Å². The molecule has 1 rings (SSSR count). The van der Waals surface area contributed by atoms with E-state index < -0.39 is 78.5 Å². The predicted octanol–water partition coefficient (Wildman–Crippen LogP) is 10.6. The fourth-order valence-electron chi connectivity index (χ4n) is 8.19. The van der Waals surface area contributed by atoms with Crippen molar-refractivity contribution < 1.29 is 57.0 Å². The maximum atomic E-state index is 13.2. The van der Waals surface area contributed by atoms with Crippen LogP contribution in [0, 0.1) is 0 Å². The van der Waals surface area contributed by atoms with Gasteiger partial charge in [-0.15, -0.1) is 0 Å². The Bertz CT molecular complexity index is 1390. The minimum atomic E-state index is -5.13. The summed E-state index contributed by atoms with van der Waals surface area (Å²) in [5.74, 6) is -0.724. The van der Waals surface area contributed by atoms with E-state index in [0.29, 0.717) is 12.8 Å². The van der Waals surface area contributed by atoms with Crippen LogP contribution in [0.2, 0.25) is 0 Å². The van der Waals surface area contributed by atoms with E-state index in [1.54, 1.807) is 6.08 Å². The summed E-state index contributed by atoms with van der Waals surface area (Å²) < 4.78 is 47.6. The van der Waals surface area contributed by atoms with Crippen molar-refractivity contribution in [3.8, 4) is 0 Å². The summed E-state index contributed by atoms with van der Waals surface area (Å²) >= 11 is 0. The quantitative estimate of drug-likeness (QED) is 0.0173. The maximum absolute atomic E-state index is 13.2. The van der Waals surface area contributed by atoms with Crippen LogP contribution in [0.5, 0.6) is 0 Å². The van der Waals surface area contributed by atoms with Crippen LogP contribution in [0.1, 0.15) is 219 Å². The first kappa shape index (κ1) is 63.0. The van der Waals surface area contributed by atoms with Crippen LogP contribution in [0.3, 0.4) is 0 Å². The lowest BCUT2D eigenvalue weighted by Gasteiger charge is -2.41. The number of hydrogen-bond acceptors (Lipinski definition) is 11. The Kier molecular flexibility index (Phi) is 40.3. The van der Waals surface area contributed by atoms with Gasteiger partial charge in [-0.25, -0.2) is 4.18 Å². The van der Waals surface area contributed by atoms with Gasteiger partial charge in [0.2, 0.25) is 5.91 Å². The van der Waals surface area contributed by atoms with Crippen LogP contribution < -0.4 is 5.32 Å². The van der Waals surface area contributed by atoms with Crippen molar-refractivity contribution >= 4 is 16.3 Å². The van der Waals surface area contributed by atoms with E-state index in [0.717, 1.165) is 57.8 Å². The Morgan fingerprint density at radius 1 is 0.597 bits per heavy atom. The molecule has 8 atom stereocenters. The van der Waals surface area contributed by atoms with E-state index in [1.165, 1.54) is 134 Å². The van der Waals surface area contributed by atoms with E-state index in [-0.39, 0.29) is 6.42 Å². The maximum Gasteiger partial charge on any atom is 0.397 e. The lowest BCUT2D eigenvalue weighted by molar-refractivity contribution is -0.298. The fourth-order valence-corrected chi connectivity index (χ4v) is 8.70. The van der Waals surface area contributed by atoms with Crippen molar-refractivity contribution in [1.29, 1.82) is 0 Å². The van der Waals surface area contributed by atoms with Crippen LogP contribution in [-0.4, -0.2) is 107 Å². The second-order valence-electron chi connectivity index (χ2n) is 18.6. The zero-order valence-electron chi connectivity index (χ0n) is 41.8. The zero-order valence-corrected chi connectivity index (χ0v) is 42.6. The van der Waals surface area contributed by atoms with Gasteiger partial charge in [0.05, 0.1) is 25.4 Å². The number of hydrogen-bond donors (Lipinski definition) is 7. The lowest BCUT2D eigenvalue weighted by Crippen LogP contribution is -2.61. The predicted molar refractivity (Wildman–Crippen MR) is 270 cm³/mol. The SMILES string of the molecule is CCCCCCCCCCC/C=C\CCCCCCC(O)C(=O)NC(COC1OC(CO)C(O)C(OS(=O)(=O)O)C1O)C(O)/C=C/CC/C=C/CC/C=C/CCCCCCCCCCCCC. The third kappa shape index (κ3) is 34.9. The van der Waals surface area contributed by atoms with Gasteiger partial charge in [-0.1, -0.05) is 197 Å². The largest absolute Gasteiger partial charge is 0.397 e. The van der Waals surface area contributed by atoms with Gasteiger partial charge in [0.25, 0.3) is 0 Å². The topological polar surface area (TPSA) is 212 Å². The summed E-state index contributed by atoms with van der Waals surface area (Å²) in [6.45, 7) is 3.21. The van der Waals surface area contributed by atoms with Crippen LogP contribution >= 0.6 is 0 Å². The number of carbonyl (C=O) groups excluding carboxylic acids is 1. The van der Waals surface area contributed by atoms with Gasteiger partial charge in [-0.3, -0.25) is 9.35 Å². The van der Waals surface area contributed by atoms with Gasteiger partial charge in [0.1, 0.15) is 30.5 Å². The Hall–Kier alpha value is -1.98. The second kappa shape index (κ2) is 42.9. The molecule has 14 heteroatoms. The molecule has 0 aliphatic carbocycles. The first-order chi connectivity index (χ1) is 32.4. The van der Waals surface area contributed by atoms with Crippen LogP contribution in [0.25, 0.3) is 0 Å². The molecule has 0 aromatic heterocycles. The minimum Gasteiger partial charge on any atom is -0.394 e. The van der Waals surface area contributed by atoms with E-state index in [1.807, 2.05) is 0 Å². The van der Waals surface area contributed by atoms with Gasteiger partial charge in [0, 0.05) is 0 Å². The highest BCUT2D eigenvalue weighted by atomic mass is 32.3. The van der Waals surface area contributed by atoms with E-state index in [2.05, 4.69) is 59.8 Å². The average Bonchev–Trinajstić information content (AvgIpc) is 3.30. The van der Waals surface area contributed by atoms with Crippen molar-refractivity contribution in [3.05, 3.63) is 48.6 Å². The third-order valence-corrected chi connectivity index (χ3v) is 12.9. The first-order valence-corrected chi connectivity index (χ1v) is 28.0. The van der Waals surface area contributed by atoms with E-state index >= 15 is 0 Å². The molecule has 1 amide bonds. The van der Waals surface area contributed by atoms with E-state index in [9.17, 15) is 43.3 Å². The van der Waals surface area contributed by atoms with Crippen molar-refractivity contribution in [2.24, 2.45) is 0 Å². The Labute approximate surface area is 407 Å². The molecule has 1 aliphatic heterocycles. The average molecular weight is 972 g/mol. The van der Waals surface area contributed by atoms with Crippen LogP contribution in [0.15, 0.2) is 48.6 Å². The van der Waals surface area contributed by atoms with Crippen molar-refractivity contribution in [3.63, 3.8) is 0 Å². The molecule has 1 heterocycles. The number of aliphatic hydroxyl groups excluding tert-OH is 5. The number of amides is 1. The Balaban J connectivity index is 2.55. The molecule has 0 bridgehead atoms.